The maximum absolute atomic E-state index is 12.0. The average molecular weight is 244 g/mol. The van der Waals surface area contributed by atoms with E-state index < -0.39 is 0 Å². The number of benzene rings is 1. The van der Waals surface area contributed by atoms with Gasteiger partial charge in [-0.25, -0.2) is 0 Å². The lowest BCUT2D eigenvalue weighted by Gasteiger charge is -2.07. The molecule has 18 heavy (non-hydrogen) atoms. The van der Waals surface area contributed by atoms with Crippen molar-refractivity contribution < 1.29 is 9.53 Å². The zero-order chi connectivity index (χ0) is 12.8. The van der Waals surface area contributed by atoms with Crippen LogP contribution in [0.25, 0.3) is 0 Å². The summed E-state index contributed by atoms with van der Waals surface area (Å²) in [5.74, 6) is 0.650. The summed E-state index contributed by atoms with van der Waals surface area (Å²) in [5, 5.41) is 4.12. The molecule has 0 bridgehead atoms. The molecule has 0 saturated carbocycles. The van der Waals surface area contributed by atoms with Crippen LogP contribution in [-0.4, -0.2) is 22.2 Å². The number of Topliss-reactive ketones (excluding diaryl/α,β-unsaturated/α-hetero) is 1. The highest BCUT2D eigenvalue weighted by atomic mass is 16.5. The van der Waals surface area contributed by atoms with Crippen molar-refractivity contribution in [3.05, 3.63) is 48.3 Å². The predicted octanol–water partition coefficient (Wildman–Crippen LogP) is 2.55. The van der Waals surface area contributed by atoms with E-state index in [-0.39, 0.29) is 12.4 Å². The van der Waals surface area contributed by atoms with Crippen LogP contribution in [0, 0.1) is 0 Å². The van der Waals surface area contributed by atoms with Gasteiger partial charge < -0.3 is 4.74 Å². The summed E-state index contributed by atoms with van der Waals surface area (Å²) in [6, 6.07) is 11.0. The first-order chi connectivity index (χ1) is 8.81. The number of carbonyl (C=O) groups excluding carboxylic acids is 1. The van der Waals surface area contributed by atoms with Gasteiger partial charge in [-0.2, -0.15) is 5.10 Å². The molecule has 0 spiro atoms. The molecule has 2 aromatic rings. The van der Waals surface area contributed by atoms with Crippen LogP contribution < -0.4 is 4.74 Å². The van der Waals surface area contributed by atoms with E-state index in [2.05, 4.69) is 12.0 Å². The summed E-state index contributed by atoms with van der Waals surface area (Å²) in [6.07, 6.45) is 2.59. The number of hydrogen-bond donors (Lipinski definition) is 0. The summed E-state index contributed by atoms with van der Waals surface area (Å²) >= 11 is 0. The number of ketones is 1. The summed E-state index contributed by atoms with van der Waals surface area (Å²) in [7, 11) is 0. The fraction of sp³-hybridized carbons (Fsp3) is 0.286. The Kier molecular flexibility index (Phi) is 4.12. The van der Waals surface area contributed by atoms with Gasteiger partial charge >= 0.3 is 0 Å². The van der Waals surface area contributed by atoms with E-state index in [0.29, 0.717) is 11.4 Å². The second kappa shape index (κ2) is 6.00. The van der Waals surface area contributed by atoms with Gasteiger partial charge in [-0.15, -0.1) is 0 Å². The number of aromatic nitrogens is 2. The molecule has 0 amide bonds. The van der Waals surface area contributed by atoms with E-state index in [0.717, 1.165) is 13.0 Å². The van der Waals surface area contributed by atoms with Gasteiger partial charge in [0.2, 0.25) is 5.78 Å². The van der Waals surface area contributed by atoms with Crippen LogP contribution in [0.1, 0.15) is 23.8 Å². The molecule has 1 aromatic carbocycles. The first kappa shape index (κ1) is 12.4. The molecular formula is C14H16N2O2. The van der Waals surface area contributed by atoms with E-state index in [1.807, 2.05) is 30.3 Å². The van der Waals surface area contributed by atoms with Crippen LogP contribution >= 0.6 is 0 Å². The number of aryl methyl sites for hydroxylation is 1. The predicted molar refractivity (Wildman–Crippen MR) is 68.8 cm³/mol. The molecule has 1 heterocycles. The van der Waals surface area contributed by atoms with Crippen LogP contribution in [0.15, 0.2) is 42.6 Å². The zero-order valence-corrected chi connectivity index (χ0v) is 10.4. The quantitative estimate of drug-likeness (QED) is 0.733. The SMILES string of the molecule is CCCn1nccc1C(=O)COc1ccccc1. The van der Waals surface area contributed by atoms with Crippen LogP contribution in [-0.2, 0) is 6.54 Å². The molecule has 0 aliphatic carbocycles. The van der Waals surface area contributed by atoms with Crippen LogP contribution in [0.5, 0.6) is 5.75 Å². The molecule has 0 fully saturated rings. The van der Waals surface area contributed by atoms with E-state index in [4.69, 9.17) is 4.74 Å². The lowest BCUT2D eigenvalue weighted by atomic mass is 10.3. The van der Waals surface area contributed by atoms with Gasteiger partial charge in [0.15, 0.2) is 6.61 Å². The molecule has 0 aliphatic rings. The third-order valence-electron chi connectivity index (χ3n) is 2.55. The maximum Gasteiger partial charge on any atom is 0.218 e. The second-order valence-corrected chi connectivity index (χ2v) is 3.96. The molecule has 0 aliphatic heterocycles. The van der Waals surface area contributed by atoms with Crippen molar-refractivity contribution in [2.45, 2.75) is 19.9 Å². The van der Waals surface area contributed by atoms with Crippen molar-refractivity contribution in [2.24, 2.45) is 0 Å². The highest BCUT2D eigenvalue weighted by Gasteiger charge is 2.12. The minimum atomic E-state index is -0.0511. The minimum absolute atomic E-state index is 0.0411. The molecule has 0 saturated heterocycles. The number of ether oxygens (including phenoxy) is 1. The highest BCUT2D eigenvalue weighted by molar-refractivity contribution is 5.95. The van der Waals surface area contributed by atoms with Gasteiger partial charge in [0.05, 0.1) is 0 Å². The Bertz CT molecular complexity index is 506. The standard InChI is InChI=1S/C14H16N2O2/c1-2-10-16-13(8-9-15-16)14(17)11-18-12-6-4-3-5-7-12/h3-9H,2,10-11H2,1H3. The lowest BCUT2D eigenvalue weighted by molar-refractivity contribution is 0.0910. The van der Waals surface area contributed by atoms with Gasteiger partial charge in [0.25, 0.3) is 0 Å². The normalized spacial score (nSPS) is 10.3. The molecular weight excluding hydrogens is 228 g/mol. The third kappa shape index (κ3) is 2.97. The first-order valence-corrected chi connectivity index (χ1v) is 6.04. The molecule has 1 aromatic heterocycles. The topological polar surface area (TPSA) is 44.1 Å². The second-order valence-electron chi connectivity index (χ2n) is 3.96. The van der Waals surface area contributed by atoms with Crippen LogP contribution in [0.3, 0.4) is 0 Å². The van der Waals surface area contributed by atoms with Crippen molar-refractivity contribution in [1.29, 1.82) is 0 Å². The Balaban J connectivity index is 1.97. The highest BCUT2D eigenvalue weighted by Crippen LogP contribution is 2.09. The first-order valence-electron chi connectivity index (χ1n) is 6.04. The van der Waals surface area contributed by atoms with E-state index in [9.17, 15) is 4.79 Å². The van der Waals surface area contributed by atoms with Crippen molar-refractivity contribution in [2.75, 3.05) is 6.61 Å². The summed E-state index contributed by atoms with van der Waals surface area (Å²) in [6.45, 7) is 2.84. The number of para-hydroxylation sites is 1. The Morgan fingerprint density at radius 2 is 2.06 bits per heavy atom. The molecule has 0 radical (unpaired) electrons. The largest absolute Gasteiger partial charge is 0.485 e. The smallest absolute Gasteiger partial charge is 0.218 e. The molecule has 2 rings (SSSR count). The third-order valence-corrected chi connectivity index (χ3v) is 2.55. The Morgan fingerprint density at radius 3 is 2.78 bits per heavy atom. The molecule has 0 atom stereocenters. The molecule has 4 nitrogen and oxygen atoms in total. The van der Waals surface area contributed by atoms with Crippen molar-refractivity contribution >= 4 is 5.78 Å². The van der Waals surface area contributed by atoms with Crippen molar-refractivity contribution in [3.63, 3.8) is 0 Å². The number of nitrogens with zero attached hydrogens (tertiary/aromatic N) is 2. The average Bonchev–Trinajstić information content (AvgIpc) is 2.86. The van der Waals surface area contributed by atoms with Gasteiger partial charge in [0, 0.05) is 12.7 Å². The van der Waals surface area contributed by atoms with E-state index in [1.54, 1.807) is 16.9 Å². The Hall–Kier alpha value is -2.10. The summed E-state index contributed by atoms with van der Waals surface area (Å²) in [4.78, 5) is 12.0. The summed E-state index contributed by atoms with van der Waals surface area (Å²) < 4.78 is 7.15. The van der Waals surface area contributed by atoms with Crippen molar-refractivity contribution in [1.82, 2.24) is 9.78 Å². The van der Waals surface area contributed by atoms with Crippen LogP contribution in [0.2, 0.25) is 0 Å². The van der Waals surface area contributed by atoms with E-state index in [1.165, 1.54) is 0 Å². The number of rotatable bonds is 6. The van der Waals surface area contributed by atoms with Gasteiger partial charge in [-0.3, -0.25) is 9.48 Å². The lowest BCUT2D eigenvalue weighted by Crippen LogP contribution is -2.17. The molecule has 94 valence electrons. The zero-order valence-electron chi connectivity index (χ0n) is 10.4. The molecule has 4 heteroatoms. The Labute approximate surface area is 106 Å². The van der Waals surface area contributed by atoms with Gasteiger partial charge in [-0.05, 0) is 24.6 Å². The van der Waals surface area contributed by atoms with Crippen LogP contribution in [0.4, 0.5) is 0 Å². The van der Waals surface area contributed by atoms with E-state index >= 15 is 0 Å². The van der Waals surface area contributed by atoms with Crippen molar-refractivity contribution in [3.8, 4) is 5.75 Å². The minimum Gasteiger partial charge on any atom is -0.485 e. The maximum atomic E-state index is 12.0. The monoisotopic (exact) mass is 244 g/mol. The number of hydrogen-bond acceptors (Lipinski definition) is 3. The molecule has 0 N–H and O–H groups in total. The fourth-order valence-electron chi connectivity index (χ4n) is 1.70. The Morgan fingerprint density at radius 1 is 1.28 bits per heavy atom. The van der Waals surface area contributed by atoms with Gasteiger partial charge in [0.1, 0.15) is 11.4 Å². The fourth-order valence-corrected chi connectivity index (χ4v) is 1.70. The molecule has 0 unspecified atom stereocenters. The van der Waals surface area contributed by atoms with Gasteiger partial charge in [-0.1, -0.05) is 25.1 Å². The summed E-state index contributed by atoms with van der Waals surface area (Å²) in [5.41, 5.74) is 0.604. The number of carbonyl (C=O) groups is 1.